The standard InChI is InChI=1S/C23H17ClN2OS/c1-15-6-10-17(23-26-19-4-2-3-5-21(19)28-23)14-20(15)25-22(27)13-9-16-7-11-18(24)12-8-16/h2-14H,1H3,(H,25,27)/b13-9+. The van der Waals surface area contributed by atoms with E-state index in [4.69, 9.17) is 16.6 Å². The summed E-state index contributed by atoms with van der Waals surface area (Å²) in [5.74, 6) is -0.181. The van der Waals surface area contributed by atoms with Gasteiger partial charge in [0.15, 0.2) is 0 Å². The van der Waals surface area contributed by atoms with E-state index in [0.29, 0.717) is 5.02 Å². The summed E-state index contributed by atoms with van der Waals surface area (Å²) in [6.07, 6.45) is 3.28. The Hall–Kier alpha value is -2.95. The van der Waals surface area contributed by atoms with Crippen LogP contribution in [0.3, 0.4) is 0 Å². The Morgan fingerprint density at radius 2 is 1.86 bits per heavy atom. The Kier molecular flexibility index (Phi) is 5.24. The topological polar surface area (TPSA) is 42.0 Å². The fourth-order valence-electron chi connectivity index (χ4n) is 2.81. The molecule has 5 heteroatoms. The smallest absolute Gasteiger partial charge is 0.248 e. The lowest BCUT2D eigenvalue weighted by molar-refractivity contribution is -0.111. The summed E-state index contributed by atoms with van der Waals surface area (Å²) >= 11 is 7.53. The van der Waals surface area contributed by atoms with Crippen molar-refractivity contribution in [1.82, 2.24) is 4.98 Å². The lowest BCUT2D eigenvalue weighted by Gasteiger charge is -2.08. The van der Waals surface area contributed by atoms with Gasteiger partial charge in [0.25, 0.3) is 0 Å². The predicted octanol–water partition coefficient (Wildman–Crippen LogP) is 6.58. The van der Waals surface area contributed by atoms with Gasteiger partial charge in [-0.05, 0) is 54.5 Å². The Bertz CT molecular complexity index is 1150. The number of thiazole rings is 1. The normalized spacial score (nSPS) is 11.2. The third kappa shape index (κ3) is 4.14. The van der Waals surface area contributed by atoms with Crippen molar-refractivity contribution in [3.63, 3.8) is 0 Å². The Labute approximate surface area is 172 Å². The molecule has 1 N–H and O–H groups in total. The molecule has 1 amide bonds. The molecule has 0 spiro atoms. The molecule has 1 aromatic heterocycles. The maximum atomic E-state index is 12.4. The summed E-state index contributed by atoms with van der Waals surface area (Å²) in [7, 11) is 0. The number of halogens is 1. The fourth-order valence-corrected chi connectivity index (χ4v) is 3.89. The van der Waals surface area contributed by atoms with E-state index in [1.54, 1.807) is 29.5 Å². The number of hydrogen-bond acceptors (Lipinski definition) is 3. The van der Waals surface area contributed by atoms with Crippen LogP contribution in [0, 0.1) is 6.92 Å². The van der Waals surface area contributed by atoms with Crippen LogP contribution in [-0.2, 0) is 4.79 Å². The maximum absolute atomic E-state index is 12.4. The van der Waals surface area contributed by atoms with Crippen LogP contribution in [0.2, 0.25) is 5.02 Å². The van der Waals surface area contributed by atoms with Crippen molar-refractivity contribution in [1.29, 1.82) is 0 Å². The van der Waals surface area contributed by atoms with Gasteiger partial charge in [-0.2, -0.15) is 0 Å². The number of aromatic nitrogens is 1. The highest BCUT2D eigenvalue weighted by atomic mass is 35.5. The monoisotopic (exact) mass is 404 g/mol. The Morgan fingerprint density at radius 3 is 2.64 bits per heavy atom. The van der Waals surface area contributed by atoms with Gasteiger partial charge in [0, 0.05) is 22.3 Å². The van der Waals surface area contributed by atoms with E-state index in [-0.39, 0.29) is 5.91 Å². The third-order valence-corrected chi connectivity index (χ3v) is 5.67. The number of carbonyl (C=O) groups is 1. The Morgan fingerprint density at radius 1 is 1.07 bits per heavy atom. The summed E-state index contributed by atoms with van der Waals surface area (Å²) < 4.78 is 1.15. The van der Waals surface area contributed by atoms with Crippen LogP contribution in [0.5, 0.6) is 0 Å². The number of nitrogens with zero attached hydrogens (tertiary/aromatic N) is 1. The first-order valence-corrected chi connectivity index (χ1v) is 9.99. The summed E-state index contributed by atoms with van der Waals surface area (Å²) in [4.78, 5) is 17.1. The average molecular weight is 405 g/mol. The summed E-state index contributed by atoms with van der Waals surface area (Å²) in [5.41, 5.74) is 4.67. The average Bonchev–Trinajstić information content (AvgIpc) is 3.13. The maximum Gasteiger partial charge on any atom is 0.248 e. The molecule has 0 atom stereocenters. The molecule has 0 radical (unpaired) electrons. The van der Waals surface area contributed by atoms with Gasteiger partial charge in [-0.15, -0.1) is 11.3 Å². The highest BCUT2D eigenvalue weighted by molar-refractivity contribution is 7.21. The second-order valence-electron chi connectivity index (χ2n) is 6.39. The van der Waals surface area contributed by atoms with Crippen LogP contribution < -0.4 is 5.32 Å². The molecule has 1 heterocycles. The van der Waals surface area contributed by atoms with Crippen molar-refractivity contribution < 1.29 is 4.79 Å². The molecule has 0 saturated carbocycles. The van der Waals surface area contributed by atoms with E-state index in [0.717, 1.165) is 37.6 Å². The van der Waals surface area contributed by atoms with Crippen LogP contribution in [0.1, 0.15) is 11.1 Å². The van der Waals surface area contributed by atoms with Gasteiger partial charge in [-0.25, -0.2) is 4.98 Å². The van der Waals surface area contributed by atoms with Gasteiger partial charge in [0.1, 0.15) is 5.01 Å². The number of para-hydroxylation sites is 1. The first-order valence-electron chi connectivity index (χ1n) is 8.80. The molecule has 0 aliphatic heterocycles. The second kappa shape index (κ2) is 7.97. The van der Waals surface area contributed by atoms with Crippen molar-refractivity contribution in [3.8, 4) is 10.6 Å². The zero-order valence-corrected chi connectivity index (χ0v) is 16.7. The second-order valence-corrected chi connectivity index (χ2v) is 7.86. The number of fused-ring (bicyclic) bond motifs is 1. The number of rotatable bonds is 4. The van der Waals surface area contributed by atoms with Crippen LogP contribution in [0.15, 0.2) is 72.8 Å². The molecule has 0 fully saturated rings. The molecular weight excluding hydrogens is 388 g/mol. The number of amides is 1. The number of hydrogen-bond donors (Lipinski definition) is 1. The number of benzene rings is 3. The molecule has 4 rings (SSSR count). The van der Waals surface area contributed by atoms with Crippen LogP contribution >= 0.6 is 22.9 Å². The molecule has 0 saturated heterocycles. The van der Waals surface area contributed by atoms with Crippen molar-refractivity contribution in [2.75, 3.05) is 5.32 Å². The van der Waals surface area contributed by atoms with E-state index in [1.807, 2.05) is 55.5 Å². The van der Waals surface area contributed by atoms with Gasteiger partial charge >= 0.3 is 0 Å². The third-order valence-electron chi connectivity index (χ3n) is 4.33. The first-order chi connectivity index (χ1) is 13.6. The molecule has 3 nitrogen and oxygen atoms in total. The van der Waals surface area contributed by atoms with Gasteiger partial charge in [0.05, 0.1) is 10.2 Å². The van der Waals surface area contributed by atoms with E-state index in [9.17, 15) is 4.79 Å². The van der Waals surface area contributed by atoms with Crippen molar-refractivity contribution in [2.24, 2.45) is 0 Å². The molecule has 0 bridgehead atoms. The number of nitrogens with one attached hydrogen (secondary N) is 1. The van der Waals surface area contributed by atoms with Crippen molar-refractivity contribution in [2.45, 2.75) is 6.92 Å². The fraction of sp³-hybridized carbons (Fsp3) is 0.0435. The molecule has 0 aliphatic carbocycles. The van der Waals surface area contributed by atoms with Crippen molar-refractivity contribution in [3.05, 3.63) is 89.0 Å². The van der Waals surface area contributed by atoms with E-state index >= 15 is 0 Å². The lowest BCUT2D eigenvalue weighted by Crippen LogP contribution is -2.09. The number of carbonyl (C=O) groups excluding carboxylic acids is 1. The van der Waals surface area contributed by atoms with Gasteiger partial charge in [-0.3, -0.25) is 4.79 Å². The van der Waals surface area contributed by atoms with Gasteiger partial charge < -0.3 is 5.32 Å². The molecule has 28 heavy (non-hydrogen) atoms. The quantitative estimate of drug-likeness (QED) is 0.390. The highest BCUT2D eigenvalue weighted by Crippen LogP contribution is 2.32. The minimum absolute atomic E-state index is 0.181. The molecule has 3 aromatic carbocycles. The molecule has 4 aromatic rings. The van der Waals surface area contributed by atoms with Crippen LogP contribution in [-0.4, -0.2) is 10.9 Å². The van der Waals surface area contributed by atoms with Gasteiger partial charge in [0.2, 0.25) is 5.91 Å². The van der Waals surface area contributed by atoms with Crippen LogP contribution in [0.25, 0.3) is 26.9 Å². The van der Waals surface area contributed by atoms with Crippen LogP contribution in [0.4, 0.5) is 5.69 Å². The zero-order valence-electron chi connectivity index (χ0n) is 15.1. The summed E-state index contributed by atoms with van der Waals surface area (Å²) in [6, 6.07) is 21.4. The minimum atomic E-state index is -0.181. The summed E-state index contributed by atoms with van der Waals surface area (Å²) in [5, 5.41) is 4.57. The zero-order chi connectivity index (χ0) is 19.5. The SMILES string of the molecule is Cc1ccc(-c2nc3ccccc3s2)cc1NC(=O)/C=C/c1ccc(Cl)cc1. The molecule has 0 aliphatic rings. The molecule has 0 unspecified atom stereocenters. The Balaban J connectivity index is 1.55. The lowest BCUT2D eigenvalue weighted by atomic mass is 10.1. The molecule has 138 valence electrons. The van der Waals surface area contributed by atoms with E-state index in [1.165, 1.54) is 6.08 Å². The number of aryl methyl sites for hydroxylation is 1. The van der Waals surface area contributed by atoms with Gasteiger partial charge in [-0.1, -0.05) is 48.0 Å². The summed E-state index contributed by atoms with van der Waals surface area (Å²) in [6.45, 7) is 1.97. The first kappa shape index (κ1) is 18.4. The minimum Gasteiger partial charge on any atom is -0.322 e. The van der Waals surface area contributed by atoms with Crippen molar-refractivity contribution >= 4 is 50.8 Å². The van der Waals surface area contributed by atoms with E-state index in [2.05, 4.69) is 11.4 Å². The largest absolute Gasteiger partial charge is 0.322 e. The number of anilines is 1. The van der Waals surface area contributed by atoms with E-state index < -0.39 is 0 Å². The highest BCUT2D eigenvalue weighted by Gasteiger charge is 2.09. The molecular formula is C23H17ClN2OS. The predicted molar refractivity (Wildman–Crippen MR) is 119 cm³/mol.